The Morgan fingerprint density at radius 3 is 1.44 bits per heavy atom. The van der Waals surface area contributed by atoms with E-state index in [1.165, 1.54) is 11.1 Å². The molecule has 0 bridgehead atoms. The van der Waals surface area contributed by atoms with Gasteiger partial charge in [-0.1, -0.05) is 108 Å². The Morgan fingerprint density at radius 1 is 0.480 bits per heavy atom. The zero-order chi connectivity index (χ0) is 17.6. The predicted octanol–water partition coefficient (Wildman–Crippen LogP) is 8.31. The highest BCUT2D eigenvalue weighted by Crippen LogP contribution is 2.23. The summed E-state index contributed by atoms with van der Waals surface area (Å²) in [5.41, 5.74) is 4.67. The van der Waals surface area contributed by atoms with Gasteiger partial charge in [0.15, 0.2) is 0 Å². The third-order valence-corrected chi connectivity index (χ3v) is 5.43. The first-order valence-electron chi connectivity index (χ1n) is 7.77. The van der Waals surface area contributed by atoms with Crippen LogP contribution >= 0.6 is 47.8 Å². The number of benzene rings is 3. The molecule has 0 aliphatic carbocycles. The molecule has 0 saturated heterocycles. The Balaban J connectivity index is 1.74. The molecule has 0 amide bonds. The van der Waals surface area contributed by atoms with Crippen LogP contribution in [0.4, 0.5) is 0 Å². The van der Waals surface area contributed by atoms with Crippen molar-refractivity contribution < 1.29 is 0 Å². The van der Waals surface area contributed by atoms with E-state index in [-0.39, 0.29) is 0 Å². The SMILES string of the molecule is Brc1ccc(/C=C/c2ccc(/C=C/c3ccc(Br)cc3)c(Br)c2)cc1. The summed E-state index contributed by atoms with van der Waals surface area (Å²) in [5, 5.41) is 0. The highest BCUT2D eigenvalue weighted by Gasteiger charge is 1.98. The van der Waals surface area contributed by atoms with Crippen LogP contribution < -0.4 is 0 Å². The highest BCUT2D eigenvalue weighted by molar-refractivity contribution is 9.11. The molecule has 3 heteroatoms. The maximum Gasteiger partial charge on any atom is 0.0253 e. The average molecular weight is 519 g/mol. The van der Waals surface area contributed by atoms with Gasteiger partial charge in [-0.25, -0.2) is 0 Å². The van der Waals surface area contributed by atoms with E-state index in [4.69, 9.17) is 0 Å². The third-order valence-electron chi connectivity index (χ3n) is 3.69. The predicted molar refractivity (Wildman–Crippen MR) is 120 cm³/mol. The van der Waals surface area contributed by atoms with Crippen LogP contribution in [0, 0.1) is 0 Å². The van der Waals surface area contributed by atoms with Gasteiger partial charge in [0.2, 0.25) is 0 Å². The molecule has 0 nitrogen and oxygen atoms in total. The molecule has 0 aromatic heterocycles. The molecule has 0 saturated carbocycles. The van der Waals surface area contributed by atoms with Crippen molar-refractivity contribution in [1.82, 2.24) is 0 Å². The van der Waals surface area contributed by atoms with E-state index in [0.29, 0.717) is 0 Å². The maximum absolute atomic E-state index is 3.67. The van der Waals surface area contributed by atoms with E-state index in [2.05, 4.69) is 115 Å². The average Bonchev–Trinajstić information content (AvgIpc) is 2.62. The summed E-state index contributed by atoms with van der Waals surface area (Å²) in [5.74, 6) is 0. The molecule has 0 aliphatic heterocycles. The molecule has 0 atom stereocenters. The lowest BCUT2D eigenvalue weighted by Crippen LogP contribution is -1.79. The monoisotopic (exact) mass is 516 g/mol. The second-order valence-electron chi connectivity index (χ2n) is 5.55. The van der Waals surface area contributed by atoms with Gasteiger partial charge >= 0.3 is 0 Å². The number of hydrogen-bond donors (Lipinski definition) is 0. The fourth-order valence-corrected chi connectivity index (χ4v) is 3.37. The Bertz CT molecular complexity index is 905. The first-order valence-corrected chi connectivity index (χ1v) is 10.1. The lowest BCUT2D eigenvalue weighted by Gasteiger charge is -2.02. The van der Waals surface area contributed by atoms with Crippen LogP contribution in [-0.2, 0) is 0 Å². The van der Waals surface area contributed by atoms with Crippen LogP contribution in [0.1, 0.15) is 22.3 Å². The number of hydrogen-bond acceptors (Lipinski definition) is 0. The van der Waals surface area contributed by atoms with Crippen LogP contribution in [0.15, 0.2) is 80.1 Å². The topological polar surface area (TPSA) is 0 Å². The zero-order valence-corrected chi connectivity index (χ0v) is 18.1. The van der Waals surface area contributed by atoms with E-state index >= 15 is 0 Å². The van der Waals surface area contributed by atoms with E-state index in [0.717, 1.165) is 24.5 Å². The quantitative estimate of drug-likeness (QED) is 0.305. The van der Waals surface area contributed by atoms with Crippen molar-refractivity contribution in [2.45, 2.75) is 0 Å². The first-order chi connectivity index (χ1) is 12.1. The minimum atomic E-state index is 1.08. The Labute approximate surface area is 173 Å². The number of rotatable bonds is 4. The molecule has 0 fully saturated rings. The minimum absolute atomic E-state index is 1.08. The lowest BCUT2D eigenvalue weighted by molar-refractivity contribution is 1.57. The van der Waals surface area contributed by atoms with E-state index in [1.807, 2.05) is 24.3 Å². The molecule has 0 N–H and O–H groups in total. The fraction of sp³-hybridized carbons (Fsp3) is 0. The molecule has 0 spiro atoms. The molecular weight excluding hydrogens is 504 g/mol. The molecule has 0 heterocycles. The number of halogens is 3. The van der Waals surface area contributed by atoms with Crippen molar-refractivity contribution in [3.63, 3.8) is 0 Å². The third kappa shape index (κ3) is 5.53. The van der Waals surface area contributed by atoms with Gasteiger partial charge < -0.3 is 0 Å². The standard InChI is InChI=1S/C22H15Br3/c23-20-11-5-16(6-12-20)1-2-18-4-10-19(22(25)15-18)9-3-17-7-13-21(24)14-8-17/h1-15H/b2-1+,9-3+. The Hall–Kier alpha value is -1.42. The van der Waals surface area contributed by atoms with Crippen LogP contribution in [0.25, 0.3) is 24.3 Å². The zero-order valence-electron chi connectivity index (χ0n) is 13.3. The Morgan fingerprint density at radius 2 is 0.920 bits per heavy atom. The van der Waals surface area contributed by atoms with Gasteiger partial charge in [0.1, 0.15) is 0 Å². The summed E-state index contributed by atoms with van der Waals surface area (Å²) < 4.78 is 3.26. The van der Waals surface area contributed by atoms with Crippen LogP contribution in [0.3, 0.4) is 0 Å². The van der Waals surface area contributed by atoms with E-state index in [9.17, 15) is 0 Å². The first kappa shape index (κ1) is 18.4. The van der Waals surface area contributed by atoms with E-state index < -0.39 is 0 Å². The normalized spacial score (nSPS) is 11.5. The largest absolute Gasteiger partial charge is 0.0544 e. The van der Waals surface area contributed by atoms with Crippen molar-refractivity contribution in [3.05, 3.63) is 102 Å². The van der Waals surface area contributed by atoms with Crippen molar-refractivity contribution in [2.75, 3.05) is 0 Å². The van der Waals surface area contributed by atoms with Gasteiger partial charge in [-0.3, -0.25) is 0 Å². The van der Waals surface area contributed by atoms with Gasteiger partial charge in [-0.15, -0.1) is 0 Å². The summed E-state index contributed by atoms with van der Waals surface area (Å²) in [6.07, 6.45) is 8.47. The van der Waals surface area contributed by atoms with Gasteiger partial charge in [0, 0.05) is 13.4 Å². The van der Waals surface area contributed by atoms with Crippen molar-refractivity contribution in [1.29, 1.82) is 0 Å². The van der Waals surface area contributed by atoms with Crippen LogP contribution in [0.5, 0.6) is 0 Å². The molecular formula is C22H15Br3. The summed E-state index contributed by atoms with van der Waals surface area (Å²) in [6, 6.07) is 22.9. The van der Waals surface area contributed by atoms with Gasteiger partial charge in [0.05, 0.1) is 0 Å². The van der Waals surface area contributed by atoms with Crippen LogP contribution in [-0.4, -0.2) is 0 Å². The minimum Gasteiger partial charge on any atom is -0.0544 e. The summed E-state index contributed by atoms with van der Waals surface area (Å²) in [4.78, 5) is 0. The molecule has 0 unspecified atom stereocenters. The highest BCUT2D eigenvalue weighted by atomic mass is 79.9. The molecule has 0 radical (unpaired) electrons. The second-order valence-corrected chi connectivity index (χ2v) is 8.24. The Kier molecular flexibility index (Phi) is 6.46. The van der Waals surface area contributed by atoms with Crippen molar-refractivity contribution in [2.24, 2.45) is 0 Å². The van der Waals surface area contributed by atoms with Gasteiger partial charge in [-0.05, 0) is 52.6 Å². The fourth-order valence-electron chi connectivity index (χ4n) is 2.31. The van der Waals surface area contributed by atoms with Crippen LogP contribution in [0.2, 0.25) is 0 Å². The van der Waals surface area contributed by atoms with Crippen molar-refractivity contribution >= 4 is 72.1 Å². The summed E-state index contributed by atoms with van der Waals surface area (Å²) >= 11 is 10.6. The van der Waals surface area contributed by atoms with Gasteiger partial charge in [-0.2, -0.15) is 0 Å². The molecule has 0 aliphatic rings. The molecule has 3 aromatic carbocycles. The maximum atomic E-state index is 3.67. The summed E-state index contributed by atoms with van der Waals surface area (Å²) in [6.45, 7) is 0. The molecule has 25 heavy (non-hydrogen) atoms. The smallest absolute Gasteiger partial charge is 0.0253 e. The molecule has 3 aromatic rings. The molecule has 124 valence electrons. The lowest BCUT2D eigenvalue weighted by atomic mass is 10.1. The van der Waals surface area contributed by atoms with Gasteiger partial charge in [0.25, 0.3) is 0 Å². The van der Waals surface area contributed by atoms with E-state index in [1.54, 1.807) is 0 Å². The summed E-state index contributed by atoms with van der Waals surface area (Å²) in [7, 11) is 0. The molecule has 3 rings (SSSR count). The van der Waals surface area contributed by atoms with Crippen molar-refractivity contribution in [3.8, 4) is 0 Å². The second kappa shape index (κ2) is 8.79.